The highest BCUT2D eigenvalue weighted by atomic mass is 79.9. The Labute approximate surface area is 182 Å². The van der Waals surface area contributed by atoms with Crippen LogP contribution in [0.2, 0.25) is 5.02 Å². The predicted octanol–water partition coefficient (Wildman–Crippen LogP) is 4.36. The summed E-state index contributed by atoms with van der Waals surface area (Å²) in [5, 5.41) is 3.97. The first kappa shape index (κ1) is 21.3. The van der Waals surface area contributed by atoms with Crippen LogP contribution in [-0.2, 0) is 11.8 Å². The van der Waals surface area contributed by atoms with Gasteiger partial charge in [0.05, 0.1) is 30.5 Å². The van der Waals surface area contributed by atoms with Crippen molar-refractivity contribution in [2.24, 2.45) is 12.8 Å². The molecular weight excluding hydrogens is 458 g/mol. The number of methoxy groups -OCH3 is 1. The van der Waals surface area contributed by atoms with Crippen LogP contribution in [-0.4, -0.2) is 35.7 Å². The van der Waals surface area contributed by atoms with Crippen molar-refractivity contribution in [2.75, 3.05) is 30.4 Å². The molecule has 0 atom stereocenters. The number of rotatable bonds is 7. The van der Waals surface area contributed by atoms with E-state index < -0.39 is 0 Å². The molecule has 0 aliphatic carbocycles. The molecule has 1 heterocycles. The number of nitrogens with zero attached hydrogens (tertiary/aromatic N) is 3. The van der Waals surface area contributed by atoms with E-state index in [1.807, 2.05) is 48.6 Å². The van der Waals surface area contributed by atoms with Crippen molar-refractivity contribution in [1.29, 1.82) is 0 Å². The zero-order valence-electron chi connectivity index (χ0n) is 16.7. The Balaban J connectivity index is 2.15. The summed E-state index contributed by atoms with van der Waals surface area (Å²) in [5.74, 6) is 0.877. The van der Waals surface area contributed by atoms with Crippen molar-refractivity contribution in [3.8, 4) is 5.75 Å². The Bertz CT molecular complexity index is 1080. The smallest absolute Gasteiger partial charge is 0.236 e. The van der Waals surface area contributed by atoms with Crippen LogP contribution in [0.5, 0.6) is 5.75 Å². The van der Waals surface area contributed by atoms with Crippen molar-refractivity contribution in [2.45, 2.75) is 13.8 Å². The van der Waals surface area contributed by atoms with Crippen LogP contribution >= 0.6 is 27.5 Å². The van der Waals surface area contributed by atoms with Crippen LogP contribution in [0.25, 0.3) is 11.0 Å². The van der Waals surface area contributed by atoms with E-state index >= 15 is 0 Å². The fraction of sp³-hybridized carbons (Fsp3) is 0.300. The molecule has 3 rings (SSSR count). The average molecular weight is 481 g/mol. The van der Waals surface area contributed by atoms with Gasteiger partial charge in [0.2, 0.25) is 11.9 Å². The molecule has 3 aromatic rings. The molecule has 1 aromatic heterocycles. The number of nitrogens with two attached hydrogens (primary N) is 1. The first-order chi connectivity index (χ1) is 13.8. The van der Waals surface area contributed by atoms with Crippen LogP contribution in [0, 0.1) is 6.92 Å². The molecule has 7 nitrogen and oxygen atoms in total. The Hall–Kier alpha value is -2.45. The topological polar surface area (TPSA) is 85.4 Å². The van der Waals surface area contributed by atoms with Crippen LogP contribution in [0.3, 0.4) is 0 Å². The van der Waals surface area contributed by atoms with Gasteiger partial charge in [-0.3, -0.25) is 4.79 Å². The summed E-state index contributed by atoms with van der Waals surface area (Å²) in [5.41, 5.74) is 9.71. The number of anilines is 3. The van der Waals surface area contributed by atoms with Gasteiger partial charge in [0.25, 0.3) is 0 Å². The molecule has 0 spiro atoms. The van der Waals surface area contributed by atoms with Crippen molar-refractivity contribution in [1.82, 2.24) is 9.55 Å². The number of likely N-dealkylation sites (N-methyl/N-ethyl adjacent to an activating group) is 1. The number of hydrogen-bond donors (Lipinski definition) is 2. The predicted molar refractivity (Wildman–Crippen MR) is 122 cm³/mol. The van der Waals surface area contributed by atoms with E-state index in [-0.39, 0.29) is 12.5 Å². The lowest BCUT2D eigenvalue weighted by Crippen LogP contribution is -2.33. The lowest BCUT2D eigenvalue weighted by Gasteiger charge is -2.23. The van der Waals surface area contributed by atoms with E-state index in [2.05, 4.69) is 21.2 Å². The molecule has 0 saturated carbocycles. The second-order valence-electron chi connectivity index (χ2n) is 6.66. The minimum Gasteiger partial charge on any atom is -0.495 e. The molecule has 0 fully saturated rings. The van der Waals surface area contributed by atoms with Gasteiger partial charge in [0, 0.05) is 29.2 Å². The van der Waals surface area contributed by atoms with Gasteiger partial charge in [-0.15, -0.1) is 0 Å². The third kappa shape index (κ3) is 4.13. The normalized spacial score (nSPS) is 11.0. The number of imidazole rings is 1. The van der Waals surface area contributed by atoms with Crippen molar-refractivity contribution >= 4 is 61.8 Å². The number of aromatic nitrogens is 2. The van der Waals surface area contributed by atoms with E-state index in [9.17, 15) is 4.79 Å². The molecular formula is C20H23BrClN5O2. The maximum atomic E-state index is 11.5. The number of halogens is 2. The van der Waals surface area contributed by atoms with E-state index in [1.54, 1.807) is 13.2 Å². The lowest BCUT2D eigenvalue weighted by molar-refractivity contribution is -0.116. The third-order valence-corrected chi connectivity index (χ3v) is 5.60. The molecule has 1 amide bonds. The molecule has 0 bridgehead atoms. The zero-order valence-corrected chi connectivity index (χ0v) is 19.1. The van der Waals surface area contributed by atoms with Crippen LogP contribution in [0.15, 0.2) is 28.7 Å². The third-order valence-electron chi connectivity index (χ3n) is 4.74. The van der Waals surface area contributed by atoms with Gasteiger partial charge in [-0.25, -0.2) is 4.98 Å². The summed E-state index contributed by atoms with van der Waals surface area (Å²) in [7, 11) is 3.52. The SMILES string of the molecule is CCN(CC(N)=O)c1ccc(Br)c2nc(Nc3c(C)cc(Cl)cc3OC)n(C)c12. The fourth-order valence-corrected chi connectivity index (χ4v) is 4.01. The van der Waals surface area contributed by atoms with Crippen molar-refractivity contribution in [3.63, 3.8) is 0 Å². The summed E-state index contributed by atoms with van der Waals surface area (Å²) >= 11 is 9.74. The molecule has 3 N–H and O–H groups in total. The molecule has 154 valence electrons. The minimum atomic E-state index is -0.384. The maximum Gasteiger partial charge on any atom is 0.236 e. The number of nitrogens with one attached hydrogen (secondary N) is 1. The van der Waals surface area contributed by atoms with Crippen molar-refractivity contribution < 1.29 is 9.53 Å². The summed E-state index contributed by atoms with van der Waals surface area (Å²) < 4.78 is 8.29. The number of amides is 1. The number of fused-ring (bicyclic) bond motifs is 1. The molecule has 9 heteroatoms. The van der Waals surface area contributed by atoms with Crippen LogP contribution in [0.4, 0.5) is 17.3 Å². The molecule has 0 radical (unpaired) electrons. The number of primary amides is 1. The fourth-order valence-electron chi connectivity index (χ4n) is 3.34. The highest BCUT2D eigenvalue weighted by Gasteiger charge is 2.20. The summed E-state index contributed by atoms with van der Waals surface area (Å²) in [6.45, 7) is 4.70. The van der Waals surface area contributed by atoms with Gasteiger partial charge in [0.15, 0.2) is 0 Å². The highest BCUT2D eigenvalue weighted by molar-refractivity contribution is 9.10. The highest BCUT2D eigenvalue weighted by Crippen LogP contribution is 2.37. The quantitative estimate of drug-likeness (QED) is 0.525. The molecule has 0 saturated heterocycles. The second-order valence-corrected chi connectivity index (χ2v) is 7.95. The van der Waals surface area contributed by atoms with Gasteiger partial charge in [-0.05, 0) is 53.5 Å². The Morgan fingerprint density at radius 1 is 1.41 bits per heavy atom. The van der Waals surface area contributed by atoms with Gasteiger partial charge in [0.1, 0.15) is 11.3 Å². The number of carbonyl (C=O) groups excluding carboxylic acids is 1. The van der Waals surface area contributed by atoms with Gasteiger partial charge >= 0.3 is 0 Å². The van der Waals surface area contributed by atoms with Gasteiger partial charge < -0.3 is 25.3 Å². The molecule has 0 aliphatic rings. The lowest BCUT2D eigenvalue weighted by atomic mass is 10.2. The summed E-state index contributed by atoms with van der Waals surface area (Å²) in [4.78, 5) is 18.2. The number of ether oxygens (including phenoxy) is 1. The van der Waals surface area contributed by atoms with Crippen LogP contribution in [0.1, 0.15) is 12.5 Å². The Morgan fingerprint density at radius 2 is 2.14 bits per heavy atom. The first-order valence-corrected chi connectivity index (χ1v) is 10.2. The first-order valence-electron chi connectivity index (χ1n) is 9.06. The van der Waals surface area contributed by atoms with E-state index in [0.29, 0.717) is 23.3 Å². The minimum absolute atomic E-state index is 0.130. The molecule has 0 unspecified atom stereocenters. The number of hydrogen-bond acceptors (Lipinski definition) is 5. The Kier molecular flexibility index (Phi) is 6.24. The summed E-state index contributed by atoms with van der Waals surface area (Å²) in [6, 6.07) is 7.50. The van der Waals surface area contributed by atoms with Crippen molar-refractivity contribution in [3.05, 3.63) is 39.3 Å². The second kappa shape index (κ2) is 8.51. The average Bonchev–Trinajstić information content (AvgIpc) is 2.99. The van der Waals surface area contributed by atoms with Gasteiger partial charge in [-0.1, -0.05) is 11.6 Å². The number of benzene rings is 2. The van der Waals surface area contributed by atoms with Crippen LogP contribution < -0.4 is 20.7 Å². The number of carbonyl (C=O) groups is 1. The standard InChI is InChI=1S/C20H23BrClN5O2/c1-5-27(10-16(23)28)14-7-6-13(21)18-19(14)26(3)20(25-18)24-17-11(2)8-12(22)9-15(17)29-4/h6-9H,5,10H2,1-4H3,(H2,23,28)(H,24,25). The van der Waals surface area contributed by atoms with E-state index in [1.165, 1.54) is 0 Å². The van der Waals surface area contributed by atoms with Gasteiger partial charge in [-0.2, -0.15) is 0 Å². The largest absolute Gasteiger partial charge is 0.495 e. The molecule has 0 aliphatic heterocycles. The molecule has 29 heavy (non-hydrogen) atoms. The summed E-state index contributed by atoms with van der Waals surface area (Å²) in [6.07, 6.45) is 0. The van der Waals surface area contributed by atoms with E-state index in [0.717, 1.165) is 32.4 Å². The number of aryl methyl sites for hydroxylation is 2. The molecule has 2 aromatic carbocycles. The Morgan fingerprint density at radius 3 is 2.76 bits per heavy atom. The van der Waals surface area contributed by atoms with E-state index in [4.69, 9.17) is 27.1 Å². The monoisotopic (exact) mass is 479 g/mol. The maximum absolute atomic E-state index is 11.5. The zero-order chi connectivity index (χ0) is 21.3.